The summed E-state index contributed by atoms with van der Waals surface area (Å²) in [5.41, 5.74) is 0. The maximum Gasteiger partial charge on any atom is 0.306 e. The fourth-order valence-electron chi connectivity index (χ4n) is 1.88. The Balaban J connectivity index is 3.89. The highest BCUT2D eigenvalue weighted by Gasteiger charge is 2.08. The van der Waals surface area contributed by atoms with E-state index in [4.69, 9.17) is 0 Å². The smallest absolute Gasteiger partial charge is 0.306 e. The Morgan fingerprint density at radius 3 is 1.91 bits per heavy atom. The van der Waals surface area contributed by atoms with Crippen LogP contribution in [0.1, 0.15) is 26.2 Å². The van der Waals surface area contributed by atoms with Crippen LogP contribution in [0.25, 0.3) is 0 Å². The van der Waals surface area contributed by atoms with Crippen LogP contribution in [-0.2, 0) is 19.1 Å². The molecule has 0 spiro atoms. The third kappa shape index (κ3) is 12.6. The second kappa shape index (κ2) is 14.7. The van der Waals surface area contributed by atoms with Crippen molar-refractivity contribution in [1.82, 2.24) is 15.5 Å². The lowest BCUT2D eigenvalue weighted by atomic mass is 10.3. The number of carbonyl (C=O) groups is 2. The fraction of sp³-hybridized carbons (Fsp3) is 0.867. The molecule has 0 aromatic rings. The molecule has 0 bridgehead atoms. The quantitative estimate of drug-likeness (QED) is 0.345. The standard InChI is InChI=1S/C15H31N3O4/c1-4-7-16-9-12-18(11-6-15(20)22-3)13-10-17-8-5-14(19)21-2/h16-17H,4-13H2,1-3H3. The van der Waals surface area contributed by atoms with E-state index < -0.39 is 0 Å². The molecule has 7 heteroatoms. The van der Waals surface area contributed by atoms with E-state index in [1.165, 1.54) is 14.2 Å². The molecule has 0 atom stereocenters. The number of hydrogen-bond donors (Lipinski definition) is 2. The maximum atomic E-state index is 11.2. The Hall–Kier alpha value is -1.18. The van der Waals surface area contributed by atoms with Gasteiger partial charge in [-0.05, 0) is 13.0 Å². The van der Waals surface area contributed by atoms with Gasteiger partial charge < -0.3 is 25.0 Å². The number of esters is 2. The molecule has 0 rings (SSSR count). The predicted octanol–water partition coefficient (Wildman–Crippen LogP) is 0.00380. The van der Waals surface area contributed by atoms with Crippen LogP contribution >= 0.6 is 0 Å². The lowest BCUT2D eigenvalue weighted by molar-refractivity contribution is -0.141. The number of nitrogens with zero attached hydrogens (tertiary/aromatic N) is 1. The highest BCUT2D eigenvalue weighted by molar-refractivity contribution is 5.69. The molecule has 2 N–H and O–H groups in total. The van der Waals surface area contributed by atoms with Crippen molar-refractivity contribution in [2.75, 3.05) is 60.0 Å². The Labute approximate surface area is 133 Å². The van der Waals surface area contributed by atoms with Gasteiger partial charge in [0.05, 0.1) is 27.1 Å². The number of carbonyl (C=O) groups excluding carboxylic acids is 2. The van der Waals surface area contributed by atoms with Gasteiger partial charge in [-0.2, -0.15) is 0 Å². The fourth-order valence-corrected chi connectivity index (χ4v) is 1.88. The maximum absolute atomic E-state index is 11.2. The van der Waals surface area contributed by atoms with Gasteiger partial charge in [0, 0.05) is 39.3 Å². The SMILES string of the molecule is CCCNCCN(CCNCCC(=O)OC)CCC(=O)OC. The number of ether oxygens (including phenoxy) is 2. The second-order valence-corrected chi connectivity index (χ2v) is 4.99. The summed E-state index contributed by atoms with van der Waals surface area (Å²) in [5, 5.41) is 6.56. The lowest BCUT2D eigenvalue weighted by Gasteiger charge is -2.22. The van der Waals surface area contributed by atoms with Crippen LogP contribution in [-0.4, -0.2) is 76.9 Å². The van der Waals surface area contributed by atoms with Crippen molar-refractivity contribution in [1.29, 1.82) is 0 Å². The number of nitrogens with one attached hydrogen (secondary N) is 2. The molecule has 0 saturated heterocycles. The van der Waals surface area contributed by atoms with Gasteiger partial charge >= 0.3 is 11.9 Å². The van der Waals surface area contributed by atoms with E-state index in [2.05, 4.69) is 31.9 Å². The first-order valence-corrected chi connectivity index (χ1v) is 7.91. The van der Waals surface area contributed by atoms with Crippen LogP contribution in [0.4, 0.5) is 0 Å². The van der Waals surface area contributed by atoms with Crippen LogP contribution in [0.15, 0.2) is 0 Å². The van der Waals surface area contributed by atoms with Crippen LogP contribution in [0.2, 0.25) is 0 Å². The minimum Gasteiger partial charge on any atom is -0.469 e. The van der Waals surface area contributed by atoms with Crippen molar-refractivity contribution in [2.45, 2.75) is 26.2 Å². The first-order chi connectivity index (χ1) is 10.6. The molecule has 0 aromatic carbocycles. The van der Waals surface area contributed by atoms with E-state index in [0.29, 0.717) is 25.9 Å². The molecule has 130 valence electrons. The molecule has 22 heavy (non-hydrogen) atoms. The van der Waals surface area contributed by atoms with Gasteiger partial charge in [-0.25, -0.2) is 0 Å². The molecular weight excluding hydrogens is 286 g/mol. The van der Waals surface area contributed by atoms with Crippen molar-refractivity contribution >= 4 is 11.9 Å². The molecule has 0 aromatic heterocycles. The summed E-state index contributed by atoms with van der Waals surface area (Å²) >= 11 is 0. The van der Waals surface area contributed by atoms with Crippen molar-refractivity contribution < 1.29 is 19.1 Å². The molecule has 0 amide bonds. The highest BCUT2D eigenvalue weighted by Crippen LogP contribution is 1.93. The van der Waals surface area contributed by atoms with Crippen LogP contribution in [0, 0.1) is 0 Å². The van der Waals surface area contributed by atoms with Crippen LogP contribution < -0.4 is 10.6 Å². The molecule has 0 aliphatic rings. The number of methoxy groups -OCH3 is 2. The van der Waals surface area contributed by atoms with E-state index in [-0.39, 0.29) is 11.9 Å². The lowest BCUT2D eigenvalue weighted by Crippen LogP contribution is -2.38. The van der Waals surface area contributed by atoms with Gasteiger partial charge in [0.25, 0.3) is 0 Å². The number of rotatable bonds is 14. The molecule has 0 unspecified atom stereocenters. The first-order valence-electron chi connectivity index (χ1n) is 7.91. The molecule has 0 aliphatic heterocycles. The summed E-state index contributed by atoms with van der Waals surface area (Å²) in [6.45, 7) is 7.80. The molecule has 7 nitrogen and oxygen atoms in total. The zero-order chi connectivity index (χ0) is 16.6. The highest BCUT2D eigenvalue weighted by atomic mass is 16.5. The normalized spacial score (nSPS) is 10.7. The average Bonchev–Trinajstić information content (AvgIpc) is 2.54. The Morgan fingerprint density at radius 2 is 1.36 bits per heavy atom. The summed E-state index contributed by atoms with van der Waals surface area (Å²) in [5.74, 6) is -0.399. The molecule has 0 fully saturated rings. The van der Waals surface area contributed by atoms with E-state index in [1.54, 1.807) is 0 Å². The molecular formula is C15H31N3O4. The third-order valence-corrected chi connectivity index (χ3v) is 3.23. The van der Waals surface area contributed by atoms with Crippen molar-refractivity contribution in [3.8, 4) is 0 Å². The zero-order valence-corrected chi connectivity index (χ0v) is 14.2. The second-order valence-electron chi connectivity index (χ2n) is 4.99. The molecule has 0 radical (unpaired) electrons. The summed E-state index contributed by atoms with van der Waals surface area (Å²) in [4.78, 5) is 24.4. The van der Waals surface area contributed by atoms with Gasteiger partial charge in [-0.15, -0.1) is 0 Å². The van der Waals surface area contributed by atoms with Gasteiger partial charge in [-0.1, -0.05) is 6.92 Å². The zero-order valence-electron chi connectivity index (χ0n) is 14.2. The topological polar surface area (TPSA) is 79.9 Å². The van der Waals surface area contributed by atoms with E-state index in [9.17, 15) is 9.59 Å². The average molecular weight is 317 g/mol. The van der Waals surface area contributed by atoms with Gasteiger partial charge in [-0.3, -0.25) is 9.59 Å². The first kappa shape index (κ1) is 20.8. The van der Waals surface area contributed by atoms with Gasteiger partial charge in [0.15, 0.2) is 0 Å². The minimum absolute atomic E-state index is 0.190. The predicted molar refractivity (Wildman–Crippen MR) is 85.7 cm³/mol. The number of hydrogen-bond acceptors (Lipinski definition) is 7. The van der Waals surface area contributed by atoms with Gasteiger partial charge in [0.1, 0.15) is 0 Å². The summed E-state index contributed by atoms with van der Waals surface area (Å²) in [6, 6.07) is 0. The van der Waals surface area contributed by atoms with Crippen molar-refractivity contribution in [2.24, 2.45) is 0 Å². The van der Waals surface area contributed by atoms with Crippen molar-refractivity contribution in [3.05, 3.63) is 0 Å². The molecule has 0 saturated carbocycles. The third-order valence-electron chi connectivity index (χ3n) is 3.23. The Bertz CT molecular complexity index is 301. The molecule has 0 heterocycles. The van der Waals surface area contributed by atoms with Crippen molar-refractivity contribution in [3.63, 3.8) is 0 Å². The van der Waals surface area contributed by atoms with Gasteiger partial charge in [0.2, 0.25) is 0 Å². The van der Waals surface area contributed by atoms with E-state index >= 15 is 0 Å². The van der Waals surface area contributed by atoms with E-state index in [0.717, 1.165) is 39.1 Å². The molecule has 0 aliphatic carbocycles. The minimum atomic E-state index is -0.209. The summed E-state index contributed by atoms with van der Waals surface area (Å²) in [7, 11) is 2.80. The van der Waals surface area contributed by atoms with Crippen LogP contribution in [0.3, 0.4) is 0 Å². The Kier molecular flexibility index (Phi) is 14.0. The Morgan fingerprint density at radius 1 is 0.818 bits per heavy atom. The summed E-state index contributed by atoms with van der Waals surface area (Å²) < 4.78 is 9.26. The van der Waals surface area contributed by atoms with E-state index in [1.807, 2.05) is 0 Å². The largest absolute Gasteiger partial charge is 0.469 e. The monoisotopic (exact) mass is 317 g/mol. The summed E-state index contributed by atoms with van der Waals surface area (Å²) in [6.07, 6.45) is 1.88. The van der Waals surface area contributed by atoms with Crippen LogP contribution in [0.5, 0.6) is 0 Å².